The molecule has 0 amide bonds. The number of hydrogen-bond donors (Lipinski definition) is 0. The van der Waals surface area contributed by atoms with Crippen LogP contribution in [0.5, 0.6) is 0 Å². The zero-order valence-electron chi connectivity index (χ0n) is 75.9. The number of nitrogens with zero attached hydrogens (tertiary/aromatic N) is 5. The number of benzene rings is 13. The third-order valence-electron chi connectivity index (χ3n) is 16.7. The maximum atomic E-state index is 11.3. The number of furan rings is 1. The van der Waals surface area contributed by atoms with Gasteiger partial charge in [0, 0.05) is 0 Å². The predicted octanol–water partition coefficient (Wildman–Crippen LogP) is 14.0. The van der Waals surface area contributed by atoms with E-state index in [1.807, 2.05) is 78.9 Å². The molecule has 89 heavy (non-hydrogen) atoms. The summed E-state index contributed by atoms with van der Waals surface area (Å²) in [6.45, 7) is 0. The Hall–Kier alpha value is -11.0. The van der Waals surface area contributed by atoms with Crippen molar-refractivity contribution in [1.29, 1.82) is 0 Å². The van der Waals surface area contributed by atoms with Crippen LogP contribution in [0.25, 0.3) is 111 Å². The summed E-state index contributed by atoms with van der Waals surface area (Å²) in [6, 6.07) is 12.2. The van der Waals surface area contributed by atoms with Gasteiger partial charge in [0.1, 0.15) is 0 Å². The van der Waals surface area contributed by atoms with E-state index in [0.29, 0.717) is 32.7 Å². The van der Waals surface area contributed by atoms with Gasteiger partial charge in [-0.25, -0.2) is 0 Å². The van der Waals surface area contributed by atoms with Crippen LogP contribution in [0.1, 0.15) is 41.1 Å². The van der Waals surface area contributed by atoms with E-state index in [1.54, 1.807) is 48.5 Å². The average molecular weight is 1240 g/mol. The fourth-order valence-electron chi connectivity index (χ4n) is 13.2. The molecule has 0 bridgehead atoms. The van der Waals surface area contributed by atoms with Gasteiger partial charge in [0.05, 0.1) is 8.22 Å². The Balaban J connectivity index is 1.06. The van der Waals surface area contributed by atoms with Crippen LogP contribution in [0, 0.1) is 0 Å². The third-order valence-corrected chi connectivity index (χ3v) is 30.4. The van der Waals surface area contributed by atoms with Crippen LogP contribution in [0.2, 0.25) is 0 Å². The Morgan fingerprint density at radius 3 is 1.66 bits per heavy atom. The summed E-state index contributed by atoms with van der Waals surface area (Å²) in [5, 5.41) is 2.97. The zero-order valence-corrected chi connectivity index (χ0v) is 49.0. The Morgan fingerprint density at radius 2 is 0.944 bits per heavy atom. The number of hydrogen-bond acceptors (Lipinski definition) is 4. The van der Waals surface area contributed by atoms with Gasteiger partial charge in [-0.1, -0.05) is 30.3 Å². The van der Waals surface area contributed by atoms with E-state index in [0.717, 1.165) is 24.7 Å². The second-order valence-corrected chi connectivity index (χ2v) is 32.3. The van der Waals surface area contributed by atoms with Gasteiger partial charge in [-0.2, -0.15) is 0 Å². The molecule has 18 rings (SSSR count). The first-order valence-corrected chi connectivity index (χ1v) is 34.2. The fourth-order valence-corrected chi connectivity index (χ4v) is 26.5. The predicted molar refractivity (Wildman–Crippen MR) is 373 cm³/mol. The van der Waals surface area contributed by atoms with Crippen molar-refractivity contribution in [1.82, 2.24) is 24.1 Å². The number of aromatic nitrogens is 5. The van der Waals surface area contributed by atoms with Crippen LogP contribution in [-0.4, -0.2) is 45.4 Å². The van der Waals surface area contributed by atoms with Crippen molar-refractivity contribution in [2.75, 3.05) is 0 Å². The second kappa shape index (κ2) is 20.3. The molecule has 1 aliphatic rings. The SMILES string of the molecule is [2H]c1c([2H])c([2H])[c]([Ge]([c]2ccc3c(c2)-c2ccccc2[Si]3(c2ccccc2)c2ccccc2)([c]2c([2H])c([2H])c([2H])c([2H])c2[2H])[c]2c([2H])c([2H])c([2H])c(-c3nc(-c4c([2H])c([2H])c([2H])c([2H])c4-n4c5c([2H])c([2H])c([2H])c([2H])c5c5c([2H])c([2H])c([2H])c([2H])c54)nc(-n4c5ccc6c7ccccc7oc6c5c5c([2H])c([2H])c([2H])c([2H])c54)n3)c2[2H])c([2H])c1[2H]. The van der Waals surface area contributed by atoms with E-state index in [4.69, 9.17) is 29.0 Å². The van der Waals surface area contributed by atoms with E-state index >= 15 is 0 Å². The summed E-state index contributed by atoms with van der Waals surface area (Å²) in [5.74, 6) is -2.82. The number of rotatable bonds is 10. The van der Waals surface area contributed by atoms with Gasteiger partial charge >= 0.3 is 517 Å². The van der Waals surface area contributed by atoms with Crippen molar-refractivity contribution >= 4 is 125 Å². The van der Waals surface area contributed by atoms with Gasteiger partial charge in [0.15, 0.2) is 0 Å². The van der Waals surface area contributed by atoms with Gasteiger partial charge in [-0.05, 0) is 6.07 Å². The first-order chi connectivity index (χ1) is 56.6. The molecule has 13 aromatic carbocycles. The van der Waals surface area contributed by atoms with Crippen LogP contribution >= 0.6 is 0 Å². The molecule has 0 saturated heterocycles. The van der Waals surface area contributed by atoms with Gasteiger partial charge in [0.2, 0.25) is 0 Å². The molecule has 0 unspecified atom stereocenters. The second-order valence-electron chi connectivity index (χ2n) is 21.1. The minimum atomic E-state index is -7.13. The Bertz CT molecular complexity index is 7280. The van der Waals surface area contributed by atoms with E-state index in [9.17, 15) is 31.5 Å². The molecule has 5 heterocycles. The first kappa shape index (κ1) is 29.6. The third kappa shape index (κ3) is 7.59. The number of para-hydroxylation sites is 5. The van der Waals surface area contributed by atoms with Crippen molar-refractivity contribution in [3.63, 3.8) is 0 Å². The minimum absolute atomic E-state index is 0.00345. The molecule has 0 radical (unpaired) electrons. The molecule has 1 aliphatic heterocycles. The number of fused-ring (bicyclic) bond motifs is 13. The summed E-state index contributed by atoms with van der Waals surface area (Å²) in [5.41, 5.74) is -3.21. The zero-order chi connectivity index (χ0) is 84.7. The van der Waals surface area contributed by atoms with Crippen molar-refractivity contribution in [3.05, 3.63) is 321 Å². The topological polar surface area (TPSA) is 61.7 Å². The molecule has 8 heteroatoms. The van der Waals surface area contributed by atoms with Gasteiger partial charge in [-0.3, -0.25) is 0 Å². The van der Waals surface area contributed by atoms with E-state index < -0.39 is 278 Å². The summed E-state index contributed by atoms with van der Waals surface area (Å²) in [7, 11) is -3.56. The summed E-state index contributed by atoms with van der Waals surface area (Å²) < 4.78 is 297. The molecule has 416 valence electrons. The molecule has 0 aliphatic carbocycles. The van der Waals surface area contributed by atoms with Gasteiger partial charge in [0.25, 0.3) is 0 Å². The monoisotopic (exact) mass is 1240 g/mol. The Kier molecular flexibility index (Phi) is 6.76. The van der Waals surface area contributed by atoms with Crippen LogP contribution in [0.4, 0.5) is 0 Å². The summed E-state index contributed by atoms with van der Waals surface area (Å²) in [4.78, 5) is 14.9. The molecule has 6 nitrogen and oxygen atoms in total. The molecular weight excluding hydrogens is 1160 g/mol. The van der Waals surface area contributed by atoms with Crippen LogP contribution in [0.15, 0.2) is 325 Å². The van der Waals surface area contributed by atoms with Crippen molar-refractivity contribution in [3.8, 4) is 45.5 Å². The standard InChI is InChI=1S/C81H53GeN5OSi/c1-5-27-55(28-6-1)82(56-29-7-2-8-30-56,58-48-51-76-68(53-58)64-39-18-24-47-75(64)89(76,59-32-9-3-10-33-59)60-34-11-4-12-35-60)57-31-25-26-54(52-57)79-83-80(67-41-16-22-45-72(67)86-69-42-19-13-36-61(69)62-37-14-20-43-70(62)86)85-81(84-79)87-71-44-21-15-40-66(71)77-73(87)50-49-65-63-38-17-23-46-74(63)88-78(65)77/h1-53H/i1D,2D,5D,6D,7D,8D,13D,14D,15D,16D,19D,20D,21D,22D,25D,26D,27D,28D,29D,30D,31D,36D,37D,40D,41D,42D,43D,44D,45D,52D. The van der Waals surface area contributed by atoms with Crippen molar-refractivity contribution < 1.29 is 45.5 Å². The van der Waals surface area contributed by atoms with Crippen LogP contribution < -0.4 is 38.3 Å². The van der Waals surface area contributed by atoms with E-state index in [2.05, 4.69) is 0 Å². The van der Waals surface area contributed by atoms with Gasteiger partial charge < -0.3 is 0 Å². The summed E-state index contributed by atoms with van der Waals surface area (Å²) in [6.07, 6.45) is 0. The Morgan fingerprint density at radius 1 is 0.371 bits per heavy atom. The van der Waals surface area contributed by atoms with Crippen LogP contribution in [-0.2, 0) is 0 Å². The van der Waals surface area contributed by atoms with Crippen molar-refractivity contribution in [2.24, 2.45) is 0 Å². The molecule has 0 N–H and O–H groups in total. The van der Waals surface area contributed by atoms with Crippen molar-refractivity contribution in [2.45, 2.75) is 0 Å². The molecule has 0 atom stereocenters. The van der Waals surface area contributed by atoms with Gasteiger partial charge in [-0.15, -0.1) is 0 Å². The molecule has 0 saturated carbocycles. The molecule has 17 aromatic rings. The quantitative estimate of drug-likeness (QED) is 0.128. The van der Waals surface area contributed by atoms with E-state index in [1.165, 1.54) is 12.1 Å². The molecule has 0 spiro atoms. The average Bonchev–Trinajstić information content (AvgIpc) is 1.05. The fraction of sp³-hybridized carbons (Fsp3) is 0. The normalized spacial score (nSPS) is 17.5. The van der Waals surface area contributed by atoms with Crippen LogP contribution in [0.3, 0.4) is 0 Å². The maximum absolute atomic E-state index is 11.3. The first-order valence-electron chi connectivity index (χ1n) is 43.0. The molecule has 4 aromatic heterocycles. The molecule has 0 fully saturated rings. The molecular formula is C81H53GeN5OSi. The van der Waals surface area contributed by atoms with E-state index in [-0.39, 0.29) is 26.3 Å². The summed E-state index contributed by atoms with van der Waals surface area (Å²) >= 11 is -7.13. The Labute approximate surface area is 559 Å².